The van der Waals surface area contributed by atoms with Crippen molar-refractivity contribution in [1.82, 2.24) is 10.3 Å². The molecule has 1 N–H and O–H groups in total. The quantitative estimate of drug-likeness (QED) is 0.903. The second kappa shape index (κ2) is 6.44. The molecule has 0 amide bonds. The van der Waals surface area contributed by atoms with Gasteiger partial charge in [0, 0.05) is 24.2 Å². The number of pyridine rings is 1. The van der Waals surface area contributed by atoms with E-state index in [9.17, 15) is 13.2 Å². The van der Waals surface area contributed by atoms with E-state index in [1.807, 2.05) is 6.07 Å². The molecule has 1 aliphatic rings. The van der Waals surface area contributed by atoms with Crippen molar-refractivity contribution in [3.8, 4) is 17.4 Å². The summed E-state index contributed by atoms with van der Waals surface area (Å²) in [5.74, 6) is 0.164. The molecule has 1 fully saturated rings. The van der Waals surface area contributed by atoms with Crippen LogP contribution in [0.4, 0.5) is 18.9 Å². The zero-order valence-corrected chi connectivity index (χ0v) is 13.8. The summed E-state index contributed by atoms with van der Waals surface area (Å²) in [6, 6.07) is 8.86. The maximum atomic E-state index is 12.3. The number of nitrogens with zero attached hydrogens (tertiary/aromatic N) is 2. The lowest BCUT2D eigenvalue weighted by molar-refractivity contribution is -0.274. The Bertz CT molecular complexity index is 733. The summed E-state index contributed by atoms with van der Waals surface area (Å²) in [7, 11) is 0. The summed E-state index contributed by atoms with van der Waals surface area (Å²) >= 11 is 0. The third kappa shape index (κ3) is 4.76. The van der Waals surface area contributed by atoms with Crippen LogP contribution in [0.1, 0.15) is 13.8 Å². The molecule has 0 aliphatic carbocycles. The zero-order chi connectivity index (χ0) is 18.1. The van der Waals surface area contributed by atoms with Crippen molar-refractivity contribution in [2.75, 3.05) is 18.1 Å². The SMILES string of the molecule is CC1(C)CN(c2ccc(Oc3cccc(OC(F)(F)F)c3)nc2)CN1. The standard InChI is InChI=1S/C17H18F3N3O2/c1-16(2)10-23(11-22-16)12-6-7-15(21-9-12)24-13-4-3-5-14(8-13)25-17(18,19)20/h3-9,22H,10-11H2,1-2H3. The lowest BCUT2D eigenvalue weighted by Crippen LogP contribution is -2.34. The fourth-order valence-corrected chi connectivity index (χ4v) is 2.56. The molecule has 5 nitrogen and oxygen atoms in total. The van der Waals surface area contributed by atoms with E-state index in [-0.39, 0.29) is 17.0 Å². The predicted molar refractivity (Wildman–Crippen MR) is 86.9 cm³/mol. The van der Waals surface area contributed by atoms with E-state index in [2.05, 4.69) is 33.8 Å². The van der Waals surface area contributed by atoms with Crippen molar-refractivity contribution in [1.29, 1.82) is 0 Å². The van der Waals surface area contributed by atoms with Gasteiger partial charge < -0.3 is 14.4 Å². The smallest absolute Gasteiger partial charge is 0.439 e. The summed E-state index contributed by atoms with van der Waals surface area (Å²) < 4.78 is 46.2. The minimum Gasteiger partial charge on any atom is -0.439 e. The van der Waals surface area contributed by atoms with E-state index in [1.54, 1.807) is 12.3 Å². The number of alkyl halides is 3. The minimum absolute atomic E-state index is 0.0358. The Morgan fingerprint density at radius 2 is 1.92 bits per heavy atom. The molecule has 0 bridgehead atoms. The van der Waals surface area contributed by atoms with Crippen LogP contribution in [0.5, 0.6) is 17.4 Å². The number of anilines is 1. The fourth-order valence-electron chi connectivity index (χ4n) is 2.56. The molecule has 0 saturated carbocycles. The van der Waals surface area contributed by atoms with E-state index in [4.69, 9.17) is 4.74 Å². The number of hydrogen-bond acceptors (Lipinski definition) is 5. The minimum atomic E-state index is -4.74. The van der Waals surface area contributed by atoms with Crippen LogP contribution in [0.15, 0.2) is 42.6 Å². The van der Waals surface area contributed by atoms with E-state index in [0.717, 1.165) is 25.0 Å². The molecule has 0 unspecified atom stereocenters. The number of aromatic nitrogens is 1. The van der Waals surface area contributed by atoms with Gasteiger partial charge in [-0.2, -0.15) is 0 Å². The Morgan fingerprint density at radius 3 is 2.52 bits per heavy atom. The van der Waals surface area contributed by atoms with Crippen molar-refractivity contribution in [2.24, 2.45) is 0 Å². The van der Waals surface area contributed by atoms with Gasteiger partial charge >= 0.3 is 6.36 Å². The van der Waals surface area contributed by atoms with Gasteiger partial charge in [-0.05, 0) is 32.0 Å². The normalized spacial score (nSPS) is 16.8. The van der Waals surface area contributed by atoms with Crippen molar-refractivity contribution in [3.63, 3.8) is 0 Å². The van der Waals surface area contributed by atoms with E-state index in [1.165, 1.54) is 18.2 Å². The molecule has 1 aromatic heterocycles. The highest BCUT2D eigenvalue weighted by Crippen LogP contribution is 2.29. The monoisotopic (exact) mass is 353 g/mol. The van der Waals surface area contributed by atoms with Crippen LogP contribution in [0, 0.1) is 0 Å². The molecule has 134 valence electrons. The average molecular weight is 353 g/mol. The first kappa shape index (κ1) is 17.3. The first-order chi connectivity index (χ1) is 11.7. The highest BCUT2D eigenvalue weighted by atomic mass is 19.4. The van der Waals surface area contributed by atoms with Crippen LogP contribution in [0.25, 0.3) is 0 Å². The highest BCUT2D eigenvalue weighted by Gasteiger charge is 2.31. The Morgan fingerprint density at radius 1 is 1.16 bits per heavy atom. The number of ether oxygens (including phenoxy) is 2. The molecule has 0 radical (unpaired) electrons. The molecule has 1 aliphatic heterocycles. The molecular weight excluding hydrogens is 335 g/mol. The van der Waals surface area contributed by atoms with Crippen LogP contribution in [0.2, 0.25) is 0 Å². The van der Waals surface area contributed by atoms with Gasteiger partial charge in [0.05, 0.1) is 18.6 Å². The van der Waals surface area contributed by atoms with Crippen molar-refractivity contribution >= 4 is 5.69 Å². The molecule has 8 heteroatoms. The number of rotatable bonds is 4. The molecular formula is C17H18F3N3O2. The number of halogens is 3. The van der Waals surface area contributed by atoms with Gasteiger partial charge in [0.15, 0.2) is 0 Å². The number of benzene rings is 1. The van der Waals surface area contributed by atoms with Gasteiger partial charge in [-0.15, -0.1) is 13.2 Å². The molecule has 1 saturated heterocycles. The summed E-state index contributed by atoms with van der Waals surface area (Å²) in [4.78, 5) is 6.36. The maximum Gasteiger partial charge on any atom is 0.573 e. The van der Waals surface area contributed by atoms with E-state index < -0.39 is 6.36 Å². The molecule has 3 rings (SSSR count). The van der Waals surface area contributed by atoms with Gasteiger partial charge in [0.25, 0.3) is 0 Å². The van der Waals surface area contributed by atoms with Crippen LogP contribution in [-0.4, -0.2) is 30.1 Å². The Hall–Kier alpha value is -2.48. The second-order valence-electron chi connectivity index (χ2n) is 6.40. The lowest BCUT2D eigenvalue weighted by atomic mass is 10.1. The van der Waals surface area contributed by atoms with E-state index in [0.29, 0.717) is 5.88 Å². The van der Waals surface area contributed by atoms with Gasteiger partial charge in [0.2, 0.25) is 5.88 Å². The zero-order valence-electron chi connectivity index (χ0n) is 13.8. The Labute approximate surface area is 143 Å². The molecule has 0 spiro atoms. The van der Waals surface area contributed by atoms with Crippen LogP contribution >= 0.6 is 0 Å². The van der Waals surface area contributed by atoms with E-state index >= 15 is 0 Å². The van der Waals surface area contributed by atoms with Crippen molar-refractivity contribution in [2.45, 2.75) is 25.7 Å². The topological polar surface area (TPSA) is 46.6 Å². The van der Waals surface area contributed by atoms with Gasteiger partial charge in [-0.3, -0.25) is 5.32 Å². The average Bonchev–Trinajstić information content (AvgIpc) is 2.87. The van der Waals surface area contributed by atoms with Crippen LogP contribution in [0.3, 0.4) is 0 Å². The highest BCUT2D eigenvalue weighted by molar-refractivity contribution is 5.47. The molecule has 1 aromatic carbocycles. The second-order valence-corrected chi connectivity index (χ2v) is 6.40. The third-order valence-corrected chi connectivity index (χ3v) is 3.68. The summed E-state index contributed by atoms with van der Waals surface area (Å²) in [6.45, 7) is 5.82. The number of hydrogen-bond donors (Lipinski definition) is 1. The largest absolute Gasteiger partial charge is 0.573 e. The van der Waals surface area contributed by atoms with Crippen molar-refractivity contribution in [3.05, 3.63) is 42.6 Å². The lowest BCUT2D eigenvalue weighted by Gasteiger charge is -2.20. The molecule has 25 heavy (non-hydrogen) atoms. The maximum absolute atomic E-state index is 12.3. The first-order valence-electron chi connectivity index (χ1n) is 7.70. The van der Waals surface area contributed by atoms with Gasteiger partial charge in [-0.1, -0.05) is 6.07 Å². The Balaban J connectivity index is 1.67. The molecule has 0 atom stereocenters. The van der Waals surface area contributed by atoms with Crippen LogP contribution in [-0.2, 0) is 0 Å². The predicted octanol–water partition coefficient (Wildman–Crippen LogP) is 3.92. The fraction of sp³-hybridized carbons (Fsp3) is 0.353. The number of nitrogens with one attached hydrogen (secondary N) is 1. The first-order valence-corrected chi connectivity index (χ1v) is 7.70. The van der Waals surface area contributed by atoms with Crippen molar-refractivity contribution < 1.29 is 22.6 Å². The summed E-state index contributed by atoms with van der Waals surface area (Å²) in [5.41, 5.74) is 0.980. The molecule has 2 aromatic rings. The summed E-state index contributed by atoms with van der Waals surface area (Å²) in [5, 5.41) is 3.38. The van der Waals surface area contributed by atoms with Crippen LogP contribution < -0.4 is 19.7 Å². The molecule has 2 heterocycles. The van der Waals surface area contributed by atoms with Gasteiger partial charge in [-0.25, -0.2) is 4.98 Å². The Kier molecular flexibility index (Phi) is 4.47. The summed E-state index contributed by atoms with van der Waals surface area (Å²) in [6.07, 6.45) is -3.06. The third-order valence-electron chi connectivity index (χ3n) is 3.68. The van der Waals surface area contributed by atoms with Gasteiger partial charge in [0.1, 0.15) is 11.5 Å².